The maximum absolute atomic E-state index is 10.0. The molecule has 0 fully saturated rings. The van der Waals surface area contributed by atoms with Gasteiger partial charge in [0, 0.05) is 34.6 Å². The van der Waals surface area contributed by atoms with Crippen molar-refractivity contribution in [2.24, 2.45) is 0 Å². The zero-order chi connectivity index (χ0) is 17.1. The van der Waals surface area contributed by atoms with Gasteiger partial charge in [0.15, 0.2) is 6.29 Å². The molecule has 0 aliphatic carbocycles. The Morgan fingerprint density at radius 2 is 1.57 bits per heavy atom. The van der Waals surface area contributed by atoms with Gasteiger partial charge in [-0.05, 0) is 70.0 Å². The van der Waals surface area contributed by atoms with Crippen molar-refractivity contribution in [2.45, 2.75) is 20.1 Å². The minimum atomic E-state index is -0.349. The molecule has 23 heavy (non-hydrogen) atoms. The first kappa shape index (κ1) is 19.9. The molecule has 2 aromatic rings. The van der Waals surface area contributed by atoms with Gasteiger partial charge in [0.2, 0.25) is 6.29 Å². The Morgan fingerprint density at radius 1 is 1.00 bits per heavy atom. The van der Waals surface area contributed by atoms with E-state index in [0.29, 0.717) is 25.2 Å². The Kier molecular flexibility index (Phi) is 9.86. The molecule has 7 heteroatoms. The van der Waals surface area contributed by atoms with E-state index in [4.69, 9.17) is 9.47 Å². The number of pyridine rings is 2. The number of nitrogens with zero attached hydrogens (tertiary/aromatic N) is 2. The molecule has 0 N–H and O–H groups in total. The third kappa shape index (κ3) is 7.78. The van der Waals surface area contributed by atoms with Gasteiger partial charge in [-0.2, -0.15) is 0 Å². The smallest absolute Gasteiger partial charge is 0.201 e. The number of aldehydes is 1. The highest BCUT2D eigenvalue weighted by Gasteiger charge is 2.11. The zero-order valence-corrected chi connectivity index (χ0v) is 16.1. The Bertz CT molecular complexity index is 571. The van der Waals surface area contributed by atoms with E-state index in [1.807, 2.05) is 26.0 Å². The molecule has 0 atom stereocenters. The maximum Gasteiger partial charge on any atom is 0.201 e. The van der Waals surface area contributed by atoms with Crippen molar-refractivity contribution in [2.75, 3.05) is 13.2 Å². The van der Waals surface area contributed by atoms with E-state index in [1.165, 1.54) is 0 Å². The Labute approximate surface area is 152 Å². The first-order valence-electron chi connectivity index (χ1n) is 7.02. The van der Waals surface area contributed by atoms with Gasteiger partial charge >= 0.3 is 0 Å². The largest absolute Gasteiger partial charge is 0.347 e. The molecule has 0 bridgehead atoms. The fraction of sp³-hybridized carbons (Fsp3) is 0.312. The number of rotatable bonds is 6. The molecule has 0 saturated carbocycles. The first-order chi connectivity index (χ1) is 11.1. The molecule has 5 nitrogen and oxygen atoms in total. The second-order valence-corrected chi connectivity index (χ2v) is 5.99. The van der Waals surface area contributed by atoms with E-state index in [-0.39, 0.29) is 6.29 Å². The van der Waals surface area contributed by atoms with Crippen LogP contribution in [-0.4, -0.2) is 29.5 Å². The fourth-order valence-electron chi connectivity index (χ4n) is 1.51. The highest BCUT2D eigenvalue weighted by atomic mass is 79.9. The molecule has 0 unspecified atom stereocenters. The Morgan fingerprint density at radius 3 is 1.96 bits per heavy atom. The van der Waals surface area contributed by atoms with E-state index >= 15 is 0 Å². The summed E-state index contributed by atoms with van der Waals surface area (Å²) in [6.45, 7) is 5.10. The molecule has 0 spiro atoms. The summed E-state index contributed by atoms with van der Waals surface area (Å²) in [6.07, 6.45) is 3.69. The van der Waals surface area contributed by atoms with Crippen LogP contribution in [-0.2, 0) is 9.47 Å². The van der Waals surface area contributed by atoms with Crippen molar-refractivity contribution < 1.29 is 14.3 Å². The summed E-state index contributed by atoms with van der Waals surface area (Å²) in [5, 5.41) is 0. The highest BCUT2D eigenvalue weighted by Crippen LogP contribution is 2.18. The van der Waals surface area contributed by atoms with Crippen LogP contribution in [0.25, 0.3) is 0 Å². The number of halogens is 2. The van der Waals surface area contributed by atoms with Crippen molar-refractivity contribution in [3.05, 3.63) is 57.0 Å². The van der Waals surface area contributed by atoms with Gasteiger partial charge in [-0.15, -0.1) is 0 Å². The van der Waals surface area contributed by atoms with Gasteiger partial charge in [0.05, 0.1) is 5.69 Å². The summed E-state index contributed by atoms with van der Waals surface area (Å²) in [4.78, 5) is 18.0. The monoisotopic (exact) mass is 444 g/mol. The first-order valence-corrected chi connectivity index (χ1v) is 8.60. The van der Waals surface area contributed by atoms with E-state index in [1.54, 1.807) is 24.5 Å². The number of hydrogen-bond acceptors (Lipinski definition) is 5. The van der Waals surface area contributed by atoms with Crippen molar-refractivity contribution in [1.29, 1.82) is 0 Å². The lowest BCUT2D eigenvalue weighted by Gasteiger charge is -2.15. The van der Waals surface area contributed by atoms with E-state index in [9.17, 15) is 4.79 Å². The molecular weight excluding hydrogens is 428 g/mol. The standard InChI is InChI=1S/C10H14BrNO2.C6H4BrNO/c1-3-13-10(14-4-2)9-6-5-8(11)7-12-9;7-5-1-2-6(4-9)8-3-5/h5-7,10H,3-4H2,1-2H3;1-4H. The van der Waals surface area contributed by atoms with Crippen LogP contribution in [0.1, 0.15) is 36.3 Å². The predicted molar refractivity (Wildman–Crippen MR) is 95.3 cm³/mol. The SMILES string of the molecule is CCOC(OCC)c1ccc(Br)cn1.O=Cc1ccc(Br)cn1. The summed E-state index contributed by atoms with van der Waals surface area (Å²) in [6, 6.07) is 7.24. The van der Waals surface area contributed by atoms with E-state index < -0.39 is 0 Å². The van der Waals surface area contributed by atoms with Gasteiger partial charge in [-0.1, -0.05) is 0 Å². The fourth-order valence-corrected chi connectivity index (χ4v) is 1.97. The van der Waals surface area contributed by atoms with Gasteiger partial charge in [0.1, 0.15) is 5.69 Å². The lowest BCUT2D eigenvalue weighted by molar-refractivity contribution is -0.142. The topological polar surface area (TPSA) is 61.3 Å². The normalized spacial score (nSPS) is 10.1. The lowest BCUT2D eigenvalue weighted by Crippen LogP contribution is -2.10. The average Bonchev–Trinajstić information content (AvgIpc) is 2.57. The Balaban J connectivity index is 0.000000253. The molecule has 0 radical (unpaired) electrons. The van der Waals surface area contributed by atoms with Crippen LogP contribution < -0.4 is 0 Å². The van der Waals surface area contributed by atoms with Crippen LogP contribution in [0.3, 0.4) is 0 Å². The second kappa shape index (κ2) is 11.4. The summed E-state index contributed by atoms with van der Waals surface area (Å²) >= 11 is 6.52. The minimum Gasteiger partial charge on any atom is -0.347 e. The summed E-state index contributed by atoms with van der Waals surface area (Å²) in [5.74, 6) is 0. The maximum atomic E-state index is 10.0. The van der Waals surface area contributed by atoms with Gasteiger partial charge in [-0.3, -0.25) is 14.8 Å². The van der Waals surface area contributed by atoms with Gasteiger partial charge in [0.25, 0.3) is 0 Å². The number of carbonyl (C=O) groups is 1. The van der Waals surface area contributed by atoms with Crippen LogP contribution in [0.5, 0.6) is 0 Å². The third-order valence-corrected chi connectivity index (χ3v) is 3.44. The molecule has 2 aromatic heterocycles. The van der Waals surface area contributed by atoms with Crippen LogP contribution in [0.15, 0.2) is 45.6 Å². The summed E-state index contributed by atoms with van der Waals surface area (Å²) < 4.78 is 12.7. The summed E-state index contributed by atoms with van der Waals surface area (Å²) in [5.41, 5.74) is 1.26. The number of carbonyl (C=O) groups excluding carboxylic acids is 1. The van der Waals surface area contributed by atoms with Crippen LogP contribution in [0.2, 0.25) is 0 Å². The summed E-state index contributed by atoms with van der Waals surface area (Å²) in [7, 11) is 0. The lowest BCUT2D eigenvalue weighted by atomic mass is 10.3. The quantitative estimate of drug-likeness (QED) is 0.481. The second-order valence-electron chi connectivity index (χ2n) is 4.16. The number of ether oxygens (including phenoxy) is 2. The zero-order valence-electron chi connectivity index (χ0n) is 12.9. The van der Waals surface area contributed by atoms with Gasteiger partial charge < -0.3 is 9.47 Å². The molecule has 0 saturated heterocycles. The highest BCUT2D eigenvalue weighted by molar-refractivity contribution is 9.10. The average molecular weight is 446 g/mol. The van der Waals surface area contributed by atoms with Crippen LogP contribution in [0, 0.1) is 0 Å². The predicted octanol–water partition coefficient (Wildman–Crippen LogP) is 4.57. The number of aromatic nitrogens is 2. The van der Waals surface area contributed by atoms with Crippen molar-refractivity contribution in [1.82, 2.24) is 9.97 Å². The molecule has 2 rings (SSSR count). The van der Waals surface area contributed by atoms with Crippen molar-refractivity contribution in [3.8, 4) is 0 Å². The Hall–Kier alpha value is -1.15. The van der Waals surface area contributed by atoms with Gasteiger partial charge in [-0.25, -0.2) is 0 Å². The van der Waals surface area contributed by atoms with Crippen molar-refractivity contribution >= 4 is 38.1 Å². The molecule has 0 aliphatic rings. The third-order valence-electron chi connectivity index (χ3n) is 2.50. The molecule has 2 heterocycles. The van der Waals surface area contributed by atoms with Crippen LogP contribution >= 0.6 is 31.9 Å². The van der Waals surface area contributed by atoms with Crippen molar-refractivity contribution in [3.63, 3.8) is 0 Å². The molecule has 124 valence electrons. The van der Waals surface area contributed by atoms with E-state index in [2.05, 4.69) is 41.8 Å². The van der Waals surface area contributed by atoms with E-state index in [0.717, 1.165) is 14.6 Å². The van der Waals surface area contributed by atoms with Crippen LogP contribution in [0.4, 0.5) is 0 Å². The molecular formula is C16H18Br2N2O3. The molecule has 0 aromatic carbocycles. The molecule has 0 amide bonds. The number of hydrogen-bond donors (Lipinski definition) is 0. The minimum absolute atomic E-state index is 0.349. The molecule has 0 aliphatic heterocycles.